The number of hydrogen-bond donors (Lipinski definition) is 0. The molecule has 3 unspecified atom stereocenters. The molecule has 4 aromatic rings. The first-order valence-electron chi connectivity index (χ1n) is 11.5. The Morgan fingerprint density at radius 3 is 2.14 bits per heavy atom. The van der Waals surface area contributed by atoms with E-state index in [1.165, 1.54) is 9.63 Å². The summed E-state index contributed by atoms with van der Waals surface area (Å²) in [6.45, 7) is 1.75. The maximum Gasteiger partial charge on any atom is 0.313 e. The summed E-state index contributed by atoms with van der Waals surface area (Å²) < 4.78 is 1.40. The summed E-state index contributed by atoms with van der Waals surface area (Å²) in [7, 11) is 0. The molecule has 0 bridgehead atoms. The molecule has 0 N–H and O–H groups in total. The molecule has 6 rings (SSSR count). The summed E-state index contributed by atoms with van der Waals surface area (Å²) in [4.78, 5) is 48.1. The van der Waals surface area contributed by atoms with Crippen LogP contribution in [0.3, 0.4) is 0 Å². The van der Waals surface area contributed by atoms with Crippen LogP contribution in [0.15, 0.2) is 83.7 Å². The average Bonchev–Trinajstić information content (AvgIpc) is 3.51. The largest absolute Gasteiger partial charge is 0.313 e. The number of carbonyl (C=O) groups excluding carboxylic acids is 2. The minimum absolute atomic E-state index is 0.175. The van der Waals surface area contributed by atoms with E-state index in [9.17, 15) is 14.4 Å². The molecule has 3 heterocycles. The van der Waals surface area contributed by atoms with Gasteiger partial charge in [-0.1, -0.05) is 77.0 Å². The van der Waals surface area contributed by atoms with Gasteiger partial charge in [0, 0.05) is 5.02 Å². The Kier molecular flexibility index (Phi) is 5.92. The normalized spacial score (nSPS) is 21.1. The Labute approximate surface area is 226 Å². The van der Waals surface area contributed by atoms with Crippen LogP contribution in [0.25, 0.3) is 5.69 Å². The van der Waals surface area contributed by atoms with Crippen molar-refractivity contribution in [1.82, 2.24) is 4.57 Å². The SMILES string of the molecule is Cc1c(Cl)cccc1N1C(=O)C2ON(c3ccccc3)C(c3sc(=O)n(-c4ccccc4)c3Cl)C2C1=O. The lowest BCUT2D eigenvalue weighted by Gasteiger charge is -2.28. The van der Waals surface area contributed by atoms with Gasteiger partial charge in [-0.3, -0.25) is 23.8 Å². The third-order valence-electron chi connectivity index (χ3n) is 6.67. The van der Waals surface area contributed by atoms with Gasteiger partial charge in [0.05, 0.1) is 21.9 Å². The molecule has 0 saturated carbocycles. The zero-order valence-corrected chi connectivity index (χ0v) is 21.7. The number of hydrogen-bond acceptors (Lipinski definition) is 6. The number of aromatic nitrogens is 1. The minimum Gasteiger partial charge on any atom is -0.273 e. The molecule has 2 aliphatic heterocycles. The summed E-state index contributed by atoms with van der Waals surface area (Å²) in [5.74, 6) is -1.85. The summed E-state index contributed by atoms with van der Waals surface area (Å²) >= 11 is 14.1. The monoisotopic (exact) mass is 551 g/mol. The van der Waals surface area contributed by atoms with Crippen molar-refractivity contribution in [1.29, 1.82) is 0 Å². The van der Waals surface area contributed by atoms with Crippen molar-refractivity contribution < 1.29 is 14.4 Å². The summed E-state index contributed by atoms with van der Waals surface area (Å²) in [5, 5.41) is 2.15. The first-order valence-corrected chi connectivity index (χ1v) is 13.1. The maximum absolute atomic E-state index is 13.9. The number of imide groups is 1. The molecule has 0 aliphatic carbocycles. The van der Waals surface area contributed by atoms with Gasteiger partial charge in [-0.2, -0.15) is 0 Å². The van der Waals surface area contributed by atoms with Crippen molar-refractivity contribution in [2.45, 2.75) is 19.1 Å². The van der Waals surface area contributed by atoms with Crippen LogP contribution in [0.2, 0.25) is 10.2 Å². The fourth-order valence-electron chi connectivity index (χ4n) is 4.91. The van der Waals surface area contributed by atoms with Crippen molar-refractivity contribution in [3.05, 3.63) is 109 Å². The van der Waals surface area contributed by atoms with E-state index in [0.29, 0.717) is 32.5 Å². The topological polar surface area (TPSA) is 71.8 Å². The number of nitrogens with zero attached hydrogens (tertiary/aromatic N) is 3. The van der Waals surface area contributed by atoms with Crippen LogP contribution in [-0.4, -0.2) is 22.5 Å². The number of anilines is 2. The van der Waals surface area contributed by atoms with Gasteiger partial charge >= 0.3 is 4.87 Å². The second kappa shape index (κ2) is 9.15. The van der Waals surface area contributed by atoms with Crippen LogP contribution in [0.1, 0.15) is 16.5 Å². The molecular formula is C27H19Cl2N3O4S. The van der Waals surface area contributed by atoms with Crippen molar-refractivity contribution >= 4 is 57.7 Å². The van der Waals surface area contributed by atoms with Gasteiger partial charge in [0.25, 0.3) is 5.91 Å². The van der Waals surface area contributed by atoms with Crippen LogP contribution in [0, 0.1) is 12.8 Å². The highest BCUT2D eigenvalue weighted by atomic mass is 35.5. The summed E-state index contributed by atoms with van der Waals surface area (Å²) in [5.41, 5.74) is 2.26. The molecule has 37 heavy (non-hydrogen) atoms. The van der Waals surface area contributed by atoms with E-state index < -0.39 is 29.9 Å². The second-order valence-electron chi connectivity index (χ2n) is 8.75. The Morgan fingerprint density at radius 1 is 0.811 bits per heavy atom. The number of hydroxylamine groups is 1. The molecule has 2 saturated heterocycles. The number of benzene rings is 3. The van der Waals surface area contributed by atoms with Gasteiger partial charge in [-0.05, 0) is 48.9 Å². The van der Waals surface area contributed by atoms with Gasteiger partial charge in [-0.15, -0.1) is 0 Å². The molecule has 7 nitrogen and oxygen atoms in total. The summed E-state index contributed by atoms with van der Waals surface area (Å²) in [6, 6.07) is 22.4. The number of rotatable bonds is 4. The van der Waals surface area contributed by atoms with E-state index in [1.54, 1.807) is 37.3 Å². The van der Waals surface area contributed by atoms with Gasteiger partial charge in [-0.25, -0.2) is 9.96 Å². The van der Waals surface area contributed by atoms with E-state index >= 15 is 0 Å². The van der Waals surface area contributed by atoms with E-state index in [-0.39, 0.29) is 10.0 Å². The lowest BCUT2D eigenvalue weighted by atomic mass is 9.95. The number of para-hydroxylation sites is 2. The Morgan fingerprint density at radius 2 is 1.46 bits per heavy atom. The van der Waals surface area contributed by atoms with Crippen LogP contribution < -0.4 is 14.8 Å². The van der Waals surface area contributed by atoms with Gasteiger partial charge in [0.15, 0.2) is 6.10 Å². The highest BCUT2D eigenvalue weighted by Crippen LogP contribution is 2.50. The van der Waals surface area contributed by atoms with Gasteiger partial charge in [0.2, 0.25) is 5.91 Å². The van der Waals surface area contributed by atoms with Gasteiger partial charge < -0.3 is 0 Å². The molecule has 186 valence electrons. The number of fused-ring (bicyclic) bond motifs is 1. The Balaban J connectivity index is 1.50. The highest BCUT2D eigenvalue weighted by molar-refractivity contribution is 7.10. The molecule has 1 aromatic heterocycles. The Hall–Kier alpha value is -3.43. The van der Waals surface area contributed by atoms with E-state index in [2.05, 4.69) is 0 Å². The first-order chi connectivity index (χ1) is 17.9. The van der Waals surface area contributed by atoms with Crippen molar-refractivity contribution in [2.75, 3.05) is 9.96 Å². The third kappa shape index (κ3) is 3.71. The van der Waals surface area contributed by atoms with Crippen LogP contribution in [0.4, 0.5) is 11.4 Å². The molecule has 2 fully saturated rings. The third-order valence-corrected chi connectivity index (χ3v) is 8.57. The van der Waals surface area contributed by atoms with Crippen LogP contribution in [-0.2, 0) is 14.4 Å². The molecule has 2 amide bonds. The number of thiazole rings is 1. The average molecular weight is 552 g/mol. The number of halogens is 2. The molecular weight excluding hydrogens is 533 g/mol. The molecule has 0 spiro atoms. The predicted molar refractivity (Wildman–Crippen MR) is 144 cm³/mol. The van der Waals surface area contributed by atoms with Crippen molar-refractivity contribution in [2.24, 2.45) is 5.92 Å². The van der Waals surface area contributed by atoms with E-state index in [1.807, 2.05) is 48.5 Å². The van der Waals surface area contributed by atoms with Crippen molar-refractivity contribution in [3.63, 3.8) is 0 Å². The molecule has 3 atom stereocenters. The molecule has 10 heteroatoms. The number of amides is 2. The Bertz CT molecular complexity index is 1590. The smallest absolute Gasteiger partial charge is 0.273 e. The summed E-state index contributed by atoms with van der Waals surface area (Å²) in [6.07, 6.45) is -1.09. The lowest BCUT2D eigenvalue weighted by molar-refractivity contribution is -0.126. The highest BCUT2D eigenvalue weighted by Gasteiger charge is 2.61. The first kappa shape index (κ1) is 23.9. The zero-order valence-electron chi connectivity index (χ0n) is 19.4. The zero-order chi connectivity index (χ0) is 25.8. The fraction of sp³-hybridized carbons (Fsp3) is 0.148. The van der Waals surface area contributed by atoms with Gasteiger partial charge in [0.1, 0.15) is 17.1 Å². The van der Waals surface area contributed by atoms with Crippen LogP contribution in [0.5, 0.6) is 0 Å². The molecule has 3 aromatic carbocycles. The second-order valence-corrected chi connectivity index (χ2v) is 10.5. The predicted octanol–water partition coefficient (Wildman–Crippen LogP) is 5.57. The standard InChI is InChI=1S/C27H19Cl2N3O4S/c1-15-18(28)13-8-14-19(15)31-25(33)20-21(32(36-22(20)26(31)34)17-11-6-3-7-12-17)23-24(29)30(27(35)37-23)16-9-4-2-5-10-16/h2-14,20-22H,1H3. The molecule has 2 aliphatic rings. The fourth-order valence-corrected chi connectivity index (χ4v) is 6.54. The maximum atomic E-state index is 13.9. The van der Waals surface area contributed by atoms with E-state index in [0.717, 1.165) is 16.2 Å². The van der Waals surface area contributed by atoms with Crippen LogP contribution >= 0.6 is 34.5 Å². The lowest BCUT2D eigenvalue weighted by Crippen LogP contribution is -2.37. The minimum atomic E-state index is -1.09. The van der Waals surface area contributed by atoms with Crippen molar-refractivity contribution in [3.8, 4) is 5.69 Å². The quantitative estimate of drug-likeness (QED) is 0.310. The molecule has 0 radical (unpaired) electrons. The number of carbonyl (C=O) groups is 2. The van der Waals surface area contributed by atoms with E-state index in [4.69, 9.17) is 28.0 Å².